The maximum Gasteiger partial charge on any atom is 0.338 e. The third kappa shape index (κ3) is 6.40. The Bertz CT molecular complexity index is 1070. The van der Waals surface area contributed by atoms with E-state index in [9.17, 15) is 19.7 Å². The molecule has 0 unspecified atom stereocenters. The summed E-state index contributed by atoms with van der Waals surface area (Å²) in [5.41, 5.74) is 1.21. The minimum Gasteiger partial charge on any atom is -0.493 e. The number of hydrogen-bond acceptors (Lipinski definition) is 8. The van der Waals surface area contributed by atoms with Gasteiger partial charge in [0.05, 0.1) is 24.7 Å². The molecule has 10 nitrogen and oxygen atoms in total. The van der Waals surface area contributed by atoms with Crippen LogP contribution in [0.25, 0.3) is 0 Å². The van der Waals surface area contributed by atoms with Crippen LogP contribution in [0.15, 0.2) is 36.4 Å². The number of amides is 1. The topological polar surface area (TPSA) is 111 Å². The minimum atomic E-state index is -0.784. The van der Waals surface area contributed by atoms with E-state index < -0.39 is 17.5 Å². The lowest BCUT2D eigenvalue weighted by molar-refractivity contribution is -0.384. The van der Waals surface area contributed by atoms with E-state index in [4.69, 9.17) is 14.2 Å². The predicted octanol–water partition coefficient (Wildman–Crippen LogP) is 3.81. The lowest BCUT2D eigenvalue weighted by Crippen LogP contribution is -2.34. The largest absolute Gasteiger partial charge is 0.493 e. The molecule has 1 saturated heterocycles. The fraction of sp³-hybridized carbons (Fsp3) is 0.440. The molecule has 1 amide bonds. The van der Waals surface area contributed by atoms with Crippen LogP contribution in [-0.2, 0) is 16.1 Å². The van der Waals surface area contributed by atoms with E-state index in [1.54, 1.807) is 25.3 Å². The van der Waals surface area contributed by atoms with Crippen molar-refractivity contribution in [3.05, 3.63) is 57.6 Å². The Kier molecular flexibility index (Phi) is 8.88. The van der Waals surface area contributed by atoms with Crippen molar-refractivity contribution in [2.24, 2.45) is 0 Å². The van der Waals surface area contributed by atoms with E-state index in [2.05, 4.69) is 0 Å². The number of methoxy groups -OCH3 is 2. The number of esters is 1. The van der Waals surface area contributed by atoms with E-state index in [1.165, 1.54) is 24.1 Å². The van der Waals surface area contributed by atoms with Crippen LogP contribution in [0.4, 0.5) is 11.4 Å². The van der Waals surface area contributed by atoms with Gasteiger partial charge in [0, 0.05) is 32.2 Å². The first-order chi connectivity index (χ1) is 16.9. The average molecular weight is 486 g/mol. The second kappa shape index (κ2) is 12.0. The number of nitro benzene ring substituents is 1. The van der Waals surface area contributed by atoms with E-state index in [1.807, 2.05) is 17.9 Å². The summed E-state index contributed by atoms with van der Waals surface area (Å²) < 4.78 is 15.7. The minimum absolute atomic E-state index is 0.0354. The number of nitrogens with zero attached hydrogens (tertiary/aromatic N) is 3. The molecule has 1 heterocycles. The zero-order valence-electron chi connectivity index (χ0n) is 20.3. The Morgan fingerprint density at radius 1 is 1.03 bits per heavy atom. The summed E-state index contributed by atoms with van der Waals surface area (Å²) in [6.45, 7) is 3.53. The number of rotatable bonds is 10. The first-order valence-corrected chi connectivity index (χ1v) is 11.6. The molecule has 0 atom stereocenters. The van der Waals surface area contributed by atoms with Crippen LogP contribution < -0.4 is 14.4 Å². The molecule has 3 rings (SSSR count). The third-order valence-corrected chi connectivity index (χ3v) is 5.99. The number of benzene rings is 2. The molecular weight excluding hydrogens is 454 g/mol. The molecule has 1 fully saturated rings. The highest BCUT2D eigenvalue weighted by atomic mass is 16.6. The van der Waals surface area contributed by atoms with Gasteiger partial charge in [0.25, 0.3) is 11.6 Å². The van der Waals surface area contributed by atoms with Gasteiger partial charge in [-0.2, -0.15) is 0 Å². The maximum absolute atomic E-state index is 12.7. The van der Waals surface area contributed by atoms with Crippen LogP contribution in [0.1, 0.15) is 42.1 Å². The highest BCUT2D eigenvalue weighted by Crippen LogP contribution is 2.31. The first kappa shape index (κ1) is 25.8. The summed E-state index contributed by atoms with van der Waals surface area (Å²) in [5.74, 6) is -0.0293. The van der Waals surface area contributed by atoms with Gasteiger partial charge in [0.15, 0.2) is 18.1 Å². The van der Waals surface area contributed by atoms with Crippen molar-refractivity contribution in [1.82, 2.24) is 4.90 Å². The number of hydrogen-bond donors (Lipinski definition) is 0. The van der Waals surface area contributed by atoms with Gasteiger partial charge in [-0.1, -0.05) is 6.07 Å². The van der Waals surface area contributed by atoms with Crippen LogP contribution in [0.5, 0.6) is 11.5 Å². The summed E-state index contributed by atoms with van der Waals surface area (Å²) in [6.07, 6.45) is 3.05. The Morgan fingerprint density at radius 2 is 1.74 bits per heavy atom. The van der Waals surface area contributed by atoms with Gasteiger partial charge in [-0.15, -0.1) is 0 Å². The number of likely N-dealkylation sites (N-methyl/N-ethyl adjacent to an activating group) is 1. The van der Waals surface area contributed by atoms with Crippen LogP contribution in [-0.4, -0.2) is 62.2 Å². The molecule has 2 aromatic carbocycles. The molecule has 0 aliphatic carbocycles. The Balaban J connectivity index is 1.65. The monoisotopic (exact) mass is 485 g/mol. The molecular formula is C25H31N3O7. The number of carbonyl (C=O) groups is 2. The molecule has 35 heavy (non-hydrogen) atoms. The van der Waals surface area contributed by atoms with Gasteiger partial charge in [-0.05, 0) is 56.0 Å². The van der Waals surface area contributed by atoms with Crippen molar-refractivity contribution >= 4 is 23.3 Å². The van der Waals surface area contributed by atoms with Gasteiger partial charge in [-0.3, -0.25) is 14.9 Å². The molecule has 1 aliphatic rings. The smallest absolute Gasteiger partial charge is 0.338 e. The van der Waals surface area contributed by atoms with Crippen molar-refractivity contribution in [3.8, 4) is 11.5 Å². The zero-order chi connectivity index (χ0) is 25.4. The fourth-order valence-corrected chi connectivity index (χ4v) is 4.08. The van der Waals surface area contributed by atoms with Gasteiger partial charge in [-0.25, -0.2) is 4.79 Å². The third-order valence-electron chi connectivity index (χ3n) is 5.99. The van der Waals surface area contributed by atoms with Gasteiger partial charge in [0.2, 0.25) is 0 Å². The zero-order valence-corrected chi connectivity index (χ0v) is 20.3. The molecule has 10 heteroatoms. The summed E-state index contributed by atoms with van der Waals surface area (Å²) in [5, 5.41) is 11.6. The normalized spacial score (nSPS) is 13.2. The molecule has 188 valence electrons. The molecule has 0 saturated carbocycles. The van der Waals surface area contributed by atoms with Gasteiger partial charge < -0.3 is 24.0 Å². The van der Waals surface area contributed by atoms with Crippen molar-refractivity contribution in [2.75, 3.05) is 45.4 Å². The van der Waals surface area contributed by atoms with Gasteiger partial charge in [0.1, 0.15) is 5.69 Å². The fourth-order valence-electron chi connectivity index (χ4n) is 4.08. The number of nitro groups is 1. The molecule has 0 radical (unpaired) electrons. The lowest BCUT2D eigenvalue weighted by Gasteiger charge is -2.28. The van der Waals surface area contributed by atoms with Crippen LogP contribution in [0.2, 0.25) is 0 Å². The van der Waals surface area contributed by atoms with Crippen molar-refractivity contribution in [2.45, 2.75) is 32.7 Å². The lowest BCUT2D eigenvalue weighted by atomic mass is 10.1. The molecule has 0 aromatic heterocycles. The second-order valence-corrected chi connectivity index (χ2v) is 8.18. The predicted molar refractivity (Wildman–Crippen MR) is 130 cm³/mol. The summed E-state index contributed by atoms with van der Waals surface area (Å²) in [4.78, 5) is 39.9. The highest BCUT2D eigenvalue weighted by molar-refractivity contribution is 5.93. The number of ether oxygens (including phenoxy) is 3. The molecule has 0 N–H and O–H groups in total. The SMILES string of the molecule is CCN(Cc1ccc(OC)c(OC)c1)C(=O)COC(=O)c1ccc(N2CCCCC2)c([N+](=O)[O-])c1. The summed E-state index contributed by atoms with van der Waals surface area (Å²) >= 11 is 0. The standard InChI is InChI=1S/C25H31N3O7/c1-4-26(16-18-8-11-22(33-2)23(14-18)34-3)24(29)17-35-25(30)19-9-10-20(21(15-19)28(31)32)27-12-6-5-7-13-27/h8-11,14-15H,4-7,12-13,16-17H2,1-3H3. The molecule has 0 spiro atoms. The van der Waals surface area contributed by atoms with E-state index in [0.29, 0.717) is 30.3 Å². The summed E-state index contributed by atoms with van der Waals surface area (Å²) in [7, 11) is 3.08. The Labute approximate surface area is 204 Å². The molecule has 1 aliphatic heterocycles. The number of anilines is 1. The van der Waals surface area contributed by atoms with Crippen LogP contribution in [0, 0.1) is 10.1 Å². The maximum atomic E-state index is 12.7. The Hall–Kier alpha value is -3.82. The molecule has 2 aromatic rings. The van der Waals surface area contributed by atoms with E-state index in [0.717, 1.165) is 37.9 Å². The summed E-state index contributed by atoms with van der Waals surface area (Å²) in [6, 6.07) is 9.67. The van der Waals surface area contributed by atoms with E-state index in [-0.39, 0.29) is 17.2 Å². The van der Waals surface area contributed by atoms with Gasteiger partial charge >= 0.3 is 5.97 Å². The van der Waals surface area contributed by atoms with Crippen LogP contribution >= 0.6 is 0 Å². The van der Waals surface area contributed by atoms with Crippen LogP contribution in [0.3, 0.4) is 0 Å². The quantitative estimate of drug-likeness (QED) is 0.284. The average Bonchev–Trinajstić information content (AvgIpc) is 2.89. The number of piperidine rings is 1. The van der Waals surface area contributed by atoms with Crippen molar-refractivity contribution in [3.63, 3.8) is 0 Å². The first-order valence-electron chi connectivity index (χ1n) is 11.6. The van der Waals surface area contributed by atoms with Crippen molar-refractivity contribution in [1.29, 1.82) is 0 Å². The van der Waals surface area contributed by atoms with E-state index >= 15 is 0 Å². The molecule has 0 bridgehead atoms. The second-order valence-electron chi connectivity index (χ2n) is 8.18. The Morgan fingerprint density at radius 3 is 2.37 bits per heavy atom. The van der Waals surface area contributed by atoms with Crippen molar-refractivity contribution < 1.29 is 28.7 Å². The number of carbonyl (C=O) groups excluding carboxylic acids is 2. The highest BCUT2D eigenvalue weighted by Gasteiger charge is 2.24.